The SMILES string of the molecule is O=c1[nH]c(=O)n([C@H]2C[C@H](O)[C@@H](COP(=O)(NCc3ccccc3)OCc3ccccc3F)O2)cc1F. The molecule has 0 aliphatic carbocycles. The summed E-state index contributed by atoms with van der Waals surface area (Å²) in [7, 11) is -4.05. The highest BCUT2D eigenvalue weighted by Gasteiger charge is 2.38. The number of aliphatic hydroxyl groups is 1. The summed E-state index contributed by atoms with van der Waals surface area (Å²) in [5.41, 5.74) is -1.14. The number of nitrogens with zero attached hydrogens (tertiary/aromatic N) is 1. The molecular weight excluding hydrogens is 499 g/mol. The van der Waals surface area contributed by atoms with Gasteiger partial charge in [0.2, 0.25) is 5.82 Å². The van der Waals surface area contributed by atoms with Crippen molar-refractivity contribution in [3.05, 3.63) is 104 Å². The smallest absolute Gasteiger partial charge is 0.390 e. The Morgan fingerprint density at radius 2 is 1.81 bits per heavy atom. The topological polar surface area (TPSA) is 132 Å². The first kappa shape index (κ1) is 26.1. The number of aromatic nitrogens is 2. The van der Waals surface area contributed by atoms with Crippen LogP contribution in [0.2, 0.25) is 0 Å². The van der Waals surface area contributed by atoms with Gasteiger partial charge in [0.1, 0.15) is 18.1 Å². The zero-order valence-electron chi connectivity index (χ0n) is 18.9. The van der Waals surface area contributed by atoms with E-state index in [9.17, 15) is 28.0 Å². The third-order valence-electron chi connectivity index (χ3n) is 5.52. The van der Waals surface area contributed by atoms with E-state index in [0.29, 0.717) is 6.20 Å². The van der Waals surface area contributed by atoms with Crippen molar-refractivity contribution in [1.29, 1.82) is 0 Å². The Kier molecular flexibility index (Phi) is 8.24. The Bertz CT molecular complexity index is 1350. The second-order valence-electron chi connectivity index (χ2n) is 8.05. The van der Waals surface area contributed by atoms with Crippen LogP contribution in [0, 0.1) is 11.6 Å². The molecule has 0 spiro atoms. The van der Waals surface area contributed by atoms with Gasteiger partial charge in [0, 0.05) is 18.5 Å². The van der Waals surface area contributed by atoms with Crippen molar-refractivity contribution in [2.45, 2.75) is 38.0 Å². The fourth-order valence-electron chi connectivity index (χ4n) is 3.56. The zero-order chi connectivity index (χ0) is 25.7. The van der Waals surface area contributed by atoms with Crippen LogP contribution in [0.15, 0.2) is 70.4 Å². The number of aromatic amines is 1. The van der Waals surface area contributed by atoms with Crippen LogP contribution in [0.5, 0.6) is 0 Å². The van der Waals surface area contributed by atoms with Crippen LogP contribution in [-0.4, -0.2) is 33.5 Å². The summed E-state index contributed by atoms with van der Waals surface area (Å²) in [6, 6.07) is 14.9. The third kappa shape index (κ3) is 6.41. The van der Waals surface area contributed by atoms with E-state index in [4.69, 9.17) is 13.8 Å². The standard InChI is InChI=1S/C23H24F2N3O7P/c24-17-9-5-4-8-16(17)13-33-36(32,26-11-15-6-2-1-3-7-15)34-14-20-19(29)10-21(35-20)28-12-18(25)22(30)27-23(28)31/h1-9,12,19-21,29H,10-11,13-14H2,(H,26,32)(H,27,30,31)/t19-,20+,21+,36?/m0/s1. The molecule has 0 radical (unpaired) electrons. The molecule has 36 heavy (non-hydrogen) atoms. The second kappa shape index (κ2) is 11.4. The van der Waals surface area contributed by atoms with Crippen LogP contribution < -0.4 is 16.3 Å². The van der Waals surface area contributed by atoms with Crippen LogP contribution in [-0.2, 0) is 31.5 Å². The minimum absolute atomic E-state index is 0.109. The lowest BCUT2D eigenvalue weighted by Gasteiger charge is -2.22. The quantitative estimate of drug-likeness (QED) is 0.346. The molecule has 2 heterocycles. The third-order valence-corrected chi connectivity index (χ3v) is 7.02. The van der Waals surface area contributed by atoms with Gasteiger partial charge in [-0.25, -0.2) is 18.8 Å². The number of H-pyrrole nitrogens is 1. The number of nitrogens with one attached hydrogen (secondary N) is 2. The van der Waals surface area contributed by atoms with Gasteiger partial charge in [-0.15, -0.1) is 0 Å². The van der Waals surface area contributed by atoms with Gasteiger partial charge < -0.3 is 9.84 Å². The molecule has 192 valence electrons. The van der Waals surface area contributed by atoms with Crippen molar-refractivity contribution in [3.63, 3.8) is 0 Å². The molecule has 4 rings (SSSR count). The molecule has 13 heteroatoms. The number of ether oxygens (including phenoxy) is 1. The van der Waals surface area contributed by atoms with Gasteiger partial charge in [0.05, 0.1) is 25.5 Å². The van der Waals surface area contributed by atoms with E-state index in [0.717, 1.165) is 10.1 Å². The Hall–Kier alpha value is -2.99. The molecule has 4 atom stereocenters. The number of rotatable bonds is 10. The maximum Gasteiger partial charge on any atom is 0.406 e. The largest absolute Gasteiger partial charge is 0.406 e. The molecular formula is C23H24F2N3O7P. The number of benzene rings is 2. The molecule has 0 saturated carbocycles. The minimum Gasteiger partial charge on any atom is -0.390 e. The van der Waals surface area contributed by atoms with Gasteiger partial charge in [-0.3, -0.25) is 23.4 Å². The Labute approximate surface area is 204 Å². The molecule has 2 aromatic carbocycles. The minimum atomic E-state index is -4.05. The summed E-state index contributed by atoms with van der Waals surface area (Å²) in [4.78, 5) is 25.1. The number of hydrogen-bond acceptors (Lipinski definition) is 7. The van der Waals surface area contributed by atoms with E-state index in [-0.39, 0.29) is 25.1 Å². The molecule has 0 amide bonds. The lowest BCUT2D eigenvalue weighted by molar-refractivity contribution is -0.0442. The molecule has 3 aromatic rings. The monoisotopic (exact) mass is 523 g/mol. The van der Waals surface area contributed by atoms with E-state index < -0.39 is 55.7 Å². The normalized spacial score (nSPS) is 21.4. The molecule has 1 aliphatic rings. The summed E-state index contributed by atoms with van der Waals surface area (Å²) in [6.07, 6.45) is -2.74. The molecule has 1 fully saturated rings. The first-order valence-electron chi connectivity index (χ1n) is 11.0. The predicted octanol–water partition coefficient (Wildman–Crippen LogP) is 2.59. The van der Waals surface area contributed by atoms with E-state index in [1.165, 1.54) is 18.2 Å². The summed E-state index contributed by atoms with van der Waals surface area (Å²) in [5.74, 6) is -1.73. The van der Waals surface area contributed by atoms with Crippen LogP contribution in [0.1, 0.15) is 23.8 Å². The van der Waals surface area contributed by atoms with E-state index in [1.807, 2.05) is 11.1 Å². The fraction of sp³-hybridized carbons (Fsp3) is 0.304. The maximum atomic E-state index is 14.0. The Morgan fingerprint density at radius 1 is 1.08 bits per heavy atom. The molecule has 1 saturated heterocycles. The zero-order valence-corrected chi connectivity index (χ0v) is 19.8. The van der Waals surface area contributed by atoms with Crippen LogP contribution >= 0.6 is 7.75 Å². The van der Waals surface area contributed by atoms with Crippen LogP contribution in [0.4, 0.5) is 8.78 Å². The first-order valence-corrected chi connectivity index (χ1v) is 12.5. The number of halogens is 2. The predicted molar refractivity (Wildman–Crippen MR) is 124 cm³/mol. The molecule has 1 aromatic heterocycles. The summed E-state index contributed by atoms with van der Waals surface area (Å²) in [5, 5.41) is 13.1. The average Bonchev–Trinajstić information content (AvgIpc) is 3.24. The highest BCUT2D eigenvalue weighted by atomic mass is 31.2. The maximum absolute atomic E-state index is 14.0. The summed E-state index contributed by atoms with van der Waals surface area (Å²) >= 11 is 0. The van der Waals surface area contributed by atoms with Crippen molar-refractivity contribution in [2.75, 3.05) is 6.61 Å². The molecule has 0 bridgehead atoms. The highest BCUT2D eigenvalue weighted by Crippen LogP contribution is 2.46. The number of hydrogen-bond donors (Lipinski definition) is 3. The Balaban J connectivity index is 1.45. The Morgan fingerprint density at radius 3 is 2.56 bits per heavy atom. The van der Waals surface area contributed by atoms with Crippen molar-refractivity contribution in [1.82, 2.24) is 14.6 Å². The molecule has 1 aliphatic heterocycles. The van der Waals surface area contributed by atoms with Crippen molar-refractivity contribution in [2.24, 2.45) is 0 Å². The van der Waals surface area contributed by atoms with Gasteiger partial charge in [0.15, 0.2) is 0 Å². The second-order valence-corrected chi connectivity index (χ2v) is 9.88. The van der Waals surface area contributed by atoms with Gasteiger partial charge in [-0.2, -0.15) is 4.39 Å². The van der Waals surface area contributed by atoms with Gasteiger partial charge in [0.25, 0.3) is 5.56 Å². The lowest BCUT2D eigenvalue weighted by Crippen LogP contribution is -2.34. The van der Waals surface area contributed by atoms with Crippen LogP contribution in [0.25, 0.3) is 0 Å². The van der Waals surface area contributed by atoms with Crippen molar-refractivity contribution in [3.8, 4) is 0 Å². The van der Waals surface area contributed by atoms with Gasteiger partial charge in [-0.05, 0) is 11.6 Å². The molecule has 3 N–H and O–H groups in total. The van der Waals surface area contributed by atoms with E-state index in [2.05, 4.69) is 5.09 Å². The molecule has 10 nitrogen and oxygen atoms in total. The number of aliphatic hydroxyl groups excluding tert-OH is 1. The average molecular weight is 523 g/mol. The van der Waals surface area contributed by atoms with Crippen molar-refractivity contribution >= 4 is 7.75 Å². The summed E-state index contributed by atoms with van der Waals surface area (Å²) < 4.78 is 58.6. The summed E-state index contributed by atoms with van der Waals surface area (Å²) in [6.45, 7) is -0.665. The first-order chi connectivity index (χ1) is 17.2. The van der Waals surface area contributed by atoms with Crippen LogP contribution in [0.3, 0.4) is 0 Å². The van der Waals surface area contributed by atoms with E-state index >= 15 is 0 Å². The van der Waals surface area contributed by atoms with Gasteiger partial charge >= 0.3 is 13.4 Å². The van der Waals surface area contributed by atoms with E-state index in [1.54, 1.807) is 30.3 Å². The van der Waals surface area contributed by atoms with Gasteiger partial charge in [-0.1, -0.05) is 48.5 Å². The lowest BCUT2D eigenvalue weighted by atomic mass is 10.2. The molecule has 1 unspecified atom stereocenters. The van der Waals surface area contributed by atoms with Crippen molar-refractivity contribution < 1.29 is 32.2 Å². The highest BCUT2D eigenvalue weighted by molar-refractivity contribution is 7.51. The fourth-order valence-corrected chi connectivity index (χ4v) is 4.85.